The summed E-state index contributed by atoms with van der Waals surface area (Å²) < 4.78 is 5.48. The minimum Gasteiger partial charge on any atom is -0.494 e. The molecule has 0 saturated heterocycles. The summed E-state index contributed by atoms with van der Waals surface area (Å²) in [6, 6.07) is 12.2. The highest BCUT2D eigenvalue weighted by molar-refractivity contribution is 7.80. The van der Waals surface area contributed by atoms with Crippen LogP contribution in [-0.4, -0.2) is 48.7 Å². The van der Waals surface area contributed by atoms with Gasteiger partial charge in [-0.1, -0.05) is 6.07 Å². The molecular formula is C19H27N3OS2. The first kappa shape index (κ1) is 19.7. The van der Waals surface area contributed by atoms with E-state index in [0.29, 0.717) is 6.61 Å². The summed E-state index contributed by atoms with van der Waals surface area (Å²) in [5.74, 6) is 0.875. The maximum atomic E-state index is 5.67. The Balaban J connectivity index is 1.97. The summed E-state index contributed by atoms with van der Waals surface area (Å²) in [4.78, 5) is 5.76. The number of hydrogen-bond acceptors (Lipinski definition) is 4. The van der Waals surface area contributed by atoms with Crippen LogP contribution in [0, 0.1) is 0 Å². The van der Waals surface area contributed by atoms with Crippen LogP contribution >= 0.6 is 23.6 Å². The molecule has 1 aromatic carbocycles. The van der Waals surface area contributed by atoms with Gasteiger partial charge in [-0.2, -0.15) is 0 Å². The fourth-order valence-corrected chi connectivity index (χ4v) is 3.42. The molecule has 1 heterocycles. The highest BCUT2D eigenvalue weighted by Gasteiger charge is 2.11. The van der Waals surface area contributed by atoms with Crippen LogP contribution in [-0.2, 0) is 6.54 Å². The number of benzene rings is 1. The molecule has 0 radical (unpaired) electrons. The van der Waals surface area contributed by atoms with E-state index in [4.69, 9.17) is 17.0 Å². The maximum Gasteiger partial charge on any atom is 0.173 e. The van der Waals surface area contributed by atoms with E-state index in [1.165, 1.54) is 4.88 Å². The normalized spacial score (nSPS) is 10.7. The molecule has 0 spiro atoms. The van der Waals surface area contributed by atoms with Gasteiger partial charge in [-0.15, -0.1) is 11.3 Å². The van der Waals surface area contributed by atoms with Gasteiger partial charge in [0, 0.05) is 17.1 Å². The fraction of sp³-hybridized carbons (Fsp3) is 0.421. The van der Waals surface area contributed by atoms with Crippen molar-refractivity contribution >= 4 is 34.4 Å². The molecule has 136 valence electrons. The lowest BCUT2D eigenvalue weighted by atomic mass is 10.3. The third-order valence-electron chi connectivity index (χ3n) is 3.66. The zero-order valence-electron chi connectivity index (χ0n) is 15.2. The average molecular weight is 378 g/mol. The van der Waals surface area contributed by atoms with Crippen molar-refractivity contribution in [2.24, 2.45) is 0 Å². The van der Waals surface area contributed by atoms with E-state index in [1.807, 2.05) is 31.2 Å². The molecule has 1 aromatic heterocycles. The molecule has 4 nitrogen and oxygen atoms in total. The Labute approximate surface area is 160 Å². The third-order valence-corrected chi connectivity index (χ3v) is 4.89. The van der Waals surface area contributed by atoms with Crippen molar-refractivity contribution in [1.29, 1.82) is 0 Å². The lowest BCUT2D eigenvalue weighted by Crippen LogP contribution is -2.36. The van der Waals surface area contributed by atoms with Crippen molar-refractivity contribution in [3.05, 3.63) is 46.7 Å². The number of nitrogens with zero attached hydrogens (tertiary/aromatic N) is 2. The van der Waals surface area contributed by atoms with Gasteiger partial charge in [0.25, 0.3) is 0 Å². The van der Waals surface area contributed by atoms with Crippen molar-refractivity contribution in [2.45, 2.75) is 19.9 Å². The van der Waals surface area contributed by atoms with Crippen LogP contribution in [0.5, 0.6) is 5.75 Å². The van der Waals surface area contributed by atoms with Crippen molar-refractivity contribution in [1.82, 2.24) is 9.80 Å². The van der Waals surface area contributed by atoms with Crippen LogP contribution in [0.15, 0.2) is 41.8 Å². The number of thiocarbonyl (C=S) groups is 1. The summed E-state index contributed by atoms with van der Waals surface area (Å²) in [5, 5.41) is 6.22. The molecule has 0 aliphatic rings. The number of rotatable bonds is 9. The molecule has 0 aliphatic heterocycles. The monoisotopic (exact) mass is 377 g/mol. The van der Waals surface area contributed by atoms with Crippen molar-refractivity contribution in [3.8, 4) is 5.75 Å². The SMILES string of the molecule is CCOc1ccc(NC(=S)N(CCCN(C)C)Cc2cccs2)cc1. The van der Waals surface area contributed by atoms with Crippen molar-refractivity contribution in [3.63, 3.8) is 0 Å². The van der Waals surface area contributed by atoms with Gasteiger partial charge in [-0.25, -0.2) is 0 Å². The highest BCUT2D eigenvalue weighted by Crippen LogP contribution is 2.18. The highest BCUT2D eigenvalue weighted by atomic mass is 32.1. The van der Waals surface area contributed by atoms with Gasteiger partial charge in [-0.05, 0) is 81.9 Å². The molecule has 0 aliphatic carbocycles. The minimum atomic E-state index is 0.672. The molecule has 0 amide bonds. The molecule has 0 atom stereocenters. The van der Waals surface area contributed by atoms with Crippen LogP contribution in [0.4, 0.5) is 5.69 Å². The van der Waals surface area contributed by atoms with E-state index in [-0.39, 0.29) is 0 Å². The van der Waals surface area contributed by atoms with Gasteiger partial charge in [0.15, 0.2) is 5.11 Å². The summed E-state index contributed by atoms with van der Waals surface area (Å²) in [7, 11) is 4.19. The van der Waals surface area contributed by atoms with Crippen molar-refractivity contribution in [2.75, 3.05) is 39.1 Å². The number of thiophene rings is 1. The molecule has 0 saturated carbocycles. The molecular weight excluding hydrogens is 350 g/mol. The Morgan fingerprint density at radius 1 is 1.16 bits per heavy atom. The topological polar surface area (TPSA) is 27.7 Å². The predicted octanol–water partition coefficient (Wildman–Crippen LogP) is 4.30. The standard InChI is InChI=1S/C19H27N3OS2/c1-4-23-17-10-8-16(9-11-17)20-19(24)22(13-6-12-21(2)3)15-18-7-5-14-25-18/h5,7-11,14H,4,6,12-13,15H2,1-3H3,(H,20,24). The van der Waals surface area contributed by atoms with Crippen LogP contribution in [0.25, 0.3) is 0 Å². The first-order chi connectivity index (χ1) is 12.1. The Bertz CT molecular complexity index is 627. The van der Waals surface area contributed by atoms with E-state index in [2.05, 4.69) is 46.7 Å². The number of nitrogens with one attached hydrogen (secondary N) is 1. The van der Waals surface area contributed by atoms with Gasteiger partial charge >= 0.3 is 0 Å². The van der Waals surface area contributed by atoms with Gasteiger partial charge in [0.1, 0.15) is 5.75 Å². The van der Waals surface area contributed by atoms with Gasteiger partial charge in [-0.3, -0.25) is 0 Å². The largest absolute Gasteiger partial charge is 0.494 e. The van der Waals surface area contributed by atoms with Gasteiger partial charge in [0.05, 0.1) is 13.2 Å². The van der Waals surface area contributed by atoms with Crippen LogP contribution < -0.4 is 10.1 Å². The fourth-order valence-electron chi connectivity index (χ4n) is 2.42. The first-order valence-electron chi connectivity index (χ1n) is 8.54. The molecule has 2 rings (SSSR count). The zero-order valence-corrected chi connectivity index (χ0v) is 16.8. The molecule has 0 bridgehead atoms. The molecule has 0 unspecified atom stereocenters. The third kappa shape index (κ3) is 7.02. The Morgan fingerprint density at radius 2 is 1.92 bits per heavy atom. The number of anilines is 1. The first-order valence-corrected chi connectivity index (χ1v) is 9.83. The summed E-state index contributed by atoms with van der Waals surface area (Å²) in [6.45, 7) is 5.47. The van der Waals surface area contributed by atoms with E-state index < -0.39 is 0 Å². The van der Waals surface area contributed by atoms with Crippen molar-refractivity contribution < 1.29 is 4.74 Å². The van der Waals surface area contributed by atoms with Crippen LogP contribution in [0.1, 0.15) is 18.2 Å². The second-order valence-electron chi connectivity index (χ2n) is 6.05. The van der Waals surface area contributed by atoms with Gasteiger partial charge in [0.2, 0.25) is 0 Å². The Morgan fingerprint density at radius 3 is 2.52 bits per heavy atom. The lowest BCUT2D eigenvalue weighted by molar-refractivity contribution is 0.340. The predicted molar refractivity (Wildman–Crippen MR) is 112 cm³/mol. The quantitative estimate of drug-likeness (QED) is 0.658. The van der Waals surface area contributed by atoms with Crippen LogP contribution in [0.2, 0.25) is 0 Å². The lowest BCUT2D eigenvalue weighted by Gasteiger charge is -2.26. The Hall–Kier alpha value is -1.63. The van der Waals surface area contributed by atoms with Crippen LogP contribution in [0.3, 0.4) is 0 Å². The maximum absolute atomic E-state index is 5.67. The summed E-state index contributed by atoms with van der Waals surface area (Å²) >= 11 is 7.43. The summed E-state index contributed by atoms with van der Waals surface area (Å²) in [5.41, 5.74) is 0.984. The molecule has 1 N–H and O–H groups in total. The number of ether oxygens (including phenoxy) is 1. The minimum absolute atomic E-state index is 0.672. The van der Waals surface area contributed by atoms with E-state index >= 15 is 0 Å². The molecule has 2 aromatic rings. The smallest absolute Gasteiger partial charge is 0.173 e. The second-order valence-corrected chi connectivity index (χ2v) is 7.46. The number of hydrogen-bond donors (Lipinski definition) is 1. The zero-order chi connectivity index (χ0) is 18.1. The van der Waals surface area contributed by atoms with Gasteiger partial charge < -0.3 is 19.9 Å². The van der Waals surface area contributed by atoms with E-state index in [1.54, 1.807) is 11.3 Å². The average Bonchev–Trinajstić information content (AvgIpc) is 3.09. The van der Waals surface area contributed by atoms with E-state index in [0.717, 1.165) is 42.6 Å². The molecule has 25 heavy (non-hydrogen) atoms. The van der Waals surface area contributed by atoms with E-state index in [9.17, 15) is 0 Å². The molecule has 6 heteroatoms. The second kappa shape index (κ2) is 10.4. The molecule has 0 fully saturated rings. The summed E-state index contributed by atoms with van der Waals surface area (Å²) in [6.07, 6.45) is 1.07. The Kier molecular flexibility index (Phi) is 8.18.